The summed E-state index contributed by atoms with van der Waals surface area (Å²) in [5, 5.41) is 17.1. The van der Waals surface area contributed by atoms with Gasteiger partial charge in [-0.05, 0) is 36.6 Å². The average Bonchev–Trinajstić information content (AvgIpc) is 3.04. The minimum absolute atomic E-state index is 0.0330. The Labute approximate surface area is 156 Å². The molecule has 3 N–H and O–H groups in total. The lowest BCUT2D eigenvalue weighted by Crippen LogP contribution is -2.47. The van der Waals surface area contributed by atoms with Gasteiger partial charge in [-0.25, -0.2) is 0 Å². The van der Waals surface area contributed by atoms with Crippen LogP contribution in [0.4, 0.5) is 0 Å². The molecule has 1 aromatic rings. The number of aliphatic hydroxyl groups is 1. The molecule has 140 valence electrons. The van der Waals surface area contributed by atoms with Gasteiger partial charge in [0, 0.05) is 24.3 Å². The molecule has 1 heterocycles. The van der Waals surface area contributed by atoms with Gasteiger partial charge < -0.3 is 15.7 Å². The Balaban J connectivity index is 2.00. The molecule has 2 rings (SSSR count). The fourth-order valence-electron chi connectivity index (χ4n) is 2.89. The molecule has 0 spiro atoms. The van der Waals surface area contributed by atoms with E-state index in [-0.39, 0.29) is 5.41 Å². The topological polar surface area (TPSA) is 56.7 Å². The minimum atomic E-state index is -0.605. The van der Waals surface area contributed by atoms with Gasteiger partial charge in [0.2, 0.25) is 0 Å². The second-order valence-corrected chi connectivity index (χ2v) is 8.62. The Hall–Kier alpha value is -1.20. The maximum absolute atomic E-state index is 10.5. The van der Waals surface area contributed by atoms with Crippen molar-refractivity contribution in [1.82, 2.24) is 10.6 Å². The van der Waals surface area contributed by atoms with Gasteiger partial charge in [0.05, 0.1) is 12.1 Å². The zero-order valence-electron chi connectivity index (χ0n) is 16.1. The molecule has 4 nitrogen and oxygen atoms in total. The molecule has 1 saturated heterocycles. The standard InChI is InChI=1S/C20H33N3OS/c1-5-16-7-9-17(10-8-16)19(3,4)13-22-18(21-6-2)23-14-20(24)11-12-25-15-20/h7-10,24H,5-6,11-15H2,1-4H3,(H2,21,22,23). The summed E-state index contributed by atoms with van der Waals surface area (Å²) >= 11 is 1.81. The van der Waals surface area contributed by atoms with Gasteiger partial charge in [0.25, 0.3) is 0 Å². The summed E-state index contributed by atoms with van der Waals surface area (Å²) in [5.74, 6) is 2.62. The fraction of sp³-hybridized carbons (Fsp3) is 0.650. The number of rotatable bonds is 7. The molecular weight excluding hydrogens is 330 g/mol. The molecule has 1 aromatic carbocycles. The summed E-state index contributed by atoms with van der Waals surface area (Å²) in [5.41, 5.74) is 2.03. The quantitative estimate of drug-likeness (QED) is 0.515. The third-order valence-corrected chi connectivity index (χ3v) is 6.02. The molecule has 5 heteroatoms. The largest absolute Gasteiger partial charge is 0.387 e. The number of thioether (sulfide) groups is 1. The van der Waals surface area contributed by atoms with Crippen LogP contribution in [0.15, 0.2) is 29.3 Å². The van der Waals surface area contributed by atoms with Crippen molar-refractivity contribution in [1.29, 1.82) is 0 Å². The van der Waals surface area contributed by atoms with E-state index in [2.05, 4.69) is 62.6 Å². The highest BCUT2D eigenvalue weighted by molar-refractivity contribution is 7.99. The van der Waals surface area contributed by atoms with E-state index in [0.717, 1.165) is 36.9 Å². The molecule has 1 atom stereocenters. The second-order valence-electron chi connectivity index (χ2n) is 7.51. The van der Waals surface area contributed by atoms with Gasteiger partial charge in [-0.1, -0.05) is 45.0 Å². The minimum Gasteiger partial charge on any atom is -0.387 e. The third-order valence-electron chi connectivity index (χ3n) is 4.79. The van der Waals surface area contributed by atoms with Gasteiger partial charge in [-0.3, -0.25) is 4.99 Å². The van der Waals surface area contributed by atoms with Gasteiger partial charge in [-0.15, -0.1) is 0 Å². The zero-order chi connectivity index (χ0) is 18.3. The normalized spacial score (nSPS) is 21.4. The van der Waals surface area contributed by atoms with E-state index in [4.69, 9.17) is 4.99 Å². The predicted octanol–water partition coefficient (Wildman–Crippen LogP) is 2.95. The highest BCUT2D eigenvalue weighted by Gasteiger charge is 2.31. The summed E-state index contributed by atoms with van der Waals surface area (Å²) in [7, 11) is 0. The first-order chi connectivity index (χ1) is 11.9. The molecule has 1 aliphatic rings. The SMILES string of the molecule is CCNC(=NCC(C)(C)c1ccc(CC)cc1)NCC1(O)CCSC1. The van der Waals surface area contributed by atoms with Crippen LogP contribution in [-0.4, -0.2) is 47.8 Å². The van der Waals surface area contributed by atoms with Crippen LogP contribution in [0.5, 0.6) is 0 Å². The Morgan fingerprint density at radius 3 is 2.52 bits per heavy atom. The summed E-state index contributed by atoms with van der Waals surface area (Å²) in [4.78, 5) is 4.77. The van der Waals surface area contributed by atoms with Crippen molar-refractivity contribution in [2.45, 2.75) is 51.6 Å². The first-order valence-electron chi connectivity index (χ1n) is 9.30. The Morgan fingerprint density at radius 2 is 1.96 bits per heavy atom. The third kappa shape index (κ3) is 5.93. The molecule has 1 unspecified atom stereocenters. The molecule has 1 fully saturated rings. The van der Waals surface area contributed by atoms with Gasteiger partial charge in [0.1, 0.15) is 0 Å². The predicted molar refractivity (Wildman–Crippen MR) is 110 cm³/mol. The van der Waals surface area contributed by atoms with Crippen LogP contribution in [-0.2, 0) is 11.8 Å². The number of benzene rings is 1. The second kappa shape index (κ2) is 8.95. The van der Waals surface area contributed by atoms with Crippen molar-refractivity contribution in [3.05, 3.63) is 35.4 Å². The van der Waals surface area contributed by atoms with Crippen LogP contribution in [0.2, 0.25) is 0 Å². The van der Waals surface area contributed by atoms with Crippen LogP contribution in [0.3, 0.4) is 0 Å². The van der Waals surface area contributed by atoms with Crippen LogP contribution < -0.4 is 10.6 Å². The summed E-state index contributed by atoms with van der Waals surface area (Å²) in [6, 6.07) is 8.84. The summed E-state index contributed by atoms with van der Waals surface area (Å²) in [6.07, 6.45) is 1.91. The van der Waals surface area contributed by atoms with E-state index in [9.17, 15) is 5.11 Å². The molecule has 0 amide bonds. The Kier molecular flexibility index (Phi) is 7.20. The number of hydrogen-bond acceptors (Lipinski definition) is 3. The lowest BCUT2D eigenvalue weighted by Gasteiger charge is -2.26. The van der Waals surface area contributed by atoms with Crippen molar-refractivity contribution < 1.29 is 5.11 Å². The molecule has 0 radical (unpaired) electrons. The van der Waals surface area contributed by atoms with Crippen LogP contribution in [0.1, 0.15) is 45.2 Å². The van der Waals surface area contributed by atoms with Crippen molar-refractivity contribution in [3.63, 3.8) is 0 Å². The van der Waals surface area contributed by atoms with E-state index < -0.39 is 5.60 Å². The summed E-state index contributed by atoms with van der Waals surface area (Å²) < 4.78 is 0. The highest BCUT2D eigenvalue weighted by Crippen LogP contribution is 2.27. The van der Waals surface area contributed by atoms with Gasteiger partial charge in [-0.2, -0.15) is 11.8 Å². The van der Waals surface area contributed by atoms with E-state index >= 15 is 0 Å². The van der Waals surface area contributed by atoms with Gasteiger partial charge >= 0.3 is 0 Å². The lowest BCUT2D eigenvalue weighted by molar-refractivity contribution is 0.0724. The number of aryl methyl sites for hydroxylation is 1. The number of guanidine groups is 1. The molecule has 1 aliphatic heterocycles. The lowest BCUT2D eigenvalue weighted by atomic mass is 9.84. The molecule has 0 bridgehead atoms. The average molecular weight is 364 g/mol. The number of nitrogens with one attached hydrogen (secondary N) is 2. The Bertz CT molecular complexity index is 563. The number of nitrogens with zero attached hydrogens (tertiary/aromatic N) is 1. The highest BCUT2D eigenvalue weighted by atomic mass is 32.2. The molecule has 0 aromatic heterocycles. The van der Waals surface area contributed by atoms with Crippen LogP contribution in [0.25, 0.3) is 0 Å². The van der Waals surface area contributed by atoms with Crippen molar-refractivity contribution >= 4 is 17.7 Å². The van der Waals surface area contributed by atoms with Crippen LogP contribution >= 0.6 is 11.8 Å². The first-order valence-corrected chi connectivity index (χ1v) is 10.5. The van der Waals surface area contributed by atoms with Crippen molar-refractivity contribution in [2.24, 2.45) is 4.99 Å². The van der Waals surface area contributed by atoms with Crippen LogP contribution in [0, 0.1) is 0 Å². The number of aliphatic imine (C=N–C) groups is 1. The Morgan fingerprint density at radius 1 is 1.24 bits per heavy atom. The van der Waals surface area contributed by atoms with E-state index in [1.807, 2.05) is 11.8 Å². The fourth-order valence-corrected chi connectivity index (χ4v) is 4.18. The monoisotopic (exact) mass is 363 g/mol. The van der Waals surface area contributed by atoms with Crippen molar-refractivity contribution in [3.8, 4) is 0 Å². The van der Waals surface area contributed by atoms with E-state index in [0.29, 0.717) is 13.1 Å². The molecule has 0 saturated carbocycles. The molecular formula is C20H33N3OS. The first kappa shape index (κ1) is 20.1. The number of hydrogen-bond donors (Lipinski definition) is 3. The van der Waals surface area contributed by atoms with Crippen molar-refractivity contribution in [2.75, 3.05) is 31.1 Å². The maximum Gasteiger partial charge on any atom is 0.191 e. The van der Waals surface area contributed by atoms with E-state index in [1.165, 1.54) is 11.1 Å². The van der Waals surface area contributed by atoms with Gasteiger partial charge in [0.15, 0.2) is 5.96 Å². The smallest absolute Gasteiger partial charge is 0.191 e. The van der Waals surface area contributed by atoms with E-state index in [1.54, 1.807) is 0 Å². The molecule has 0 aliphatic carbocycles. The maximum atomic E-state index is 10.5. The summed E-state index contributed by atoms with van der Waals surface area (Å²) in [6.45, 7) is 10.7. The molecule has 25 heavy (non-hydrogen) atoms. The zero-order valence-corrected chi connectivity index (χ0v) is 16.9.